The van der Waals surface area contributed by atoms with Gasteiger partial charge in [0.2, 0.25) is 0 Å². The number of rotatable bonds is 7. The molecule has 1 aliphatic heterocycles. The Morgan fingerprint density at radius 3 is 2.60 bits per heavy atom. The third-order valence-corrected chi connectivity index (χ3v) is 4.21. The average Bonchev–Trinajstić information content (AvgIpc) is 2.61. The second-order valence-corrected chi connectivity index (χ2v) is 6.56. The first-order chi connectivity index (χ1) is 12.1. The van der Waals surface area contributed by atoms with Crippen molar-refractivity contribution in [2.75, 3.05) is 58.2 Å². The Morgan fingerprint density at radius 2 is 1.96 bits per heavy atom. The van der Waals surface area contributed by atoms with Gasteiger partial charge < -0.3 is 25.2 Å². The van der Waals surface area contributed by atoms with Crippen molar-refractivity contribution in [3.8, 4) is 18.1 Å². The monoisotopic (exact) mass is 344 g/mol. The fraction of sp³-hybridized carbons (Fsp3) is 0.526. The number of hydrogen-bond donors (Lipinski definition) is 2. The van der Waals surface area contributed by atoms with Gasteiger partial charge in [-0.15, -0.1) is 6.42 Å². The Kier molecular flexibility index (Phi) is 7.58. The molecule has 2 amide bonds. The third kappa shape index (κ3) is 7.04. The van der Waals surface area contributed by atoms with Crippen LogP contribution in [0.5, 0.6) is 5.75 Å². The summed E-state index contributed by atoms with van der Waals surface area (Å²) in [6.45, 7) is 8.48. The molecule has 0 unspecified atom stereocenters. The normalized spacial score (nSPS) is 16.7. The minimum absolute atomic E-state index is 0.192. The predicted molar refractivity (Wildman–Crippen MR) is 101 cm³/mol. The zero-order chi connectivity index (χ0) is 18.1. The summed E-state index contributed by atoms with van der Waals surface area (Å²) in [5.41, 5.74) is 0.720. The van der Waals surface area contributed by atoms with Crippen LogP contribution >= 0.6 is 0 Å². The number of urea groups is 1. The van der Waals surface area contributed by atoms with E-state index >= 15 is 0 Å². The first-order valence-electron chi connectivity index (χ1n) is 8.69. The number of hydrogen-bond acceptors (Lipinski definition) is 4. The van der Waals surface area contributed by atoms with Gasteiger partial charge in [0.25, 0.3) is 0 Å². The molecule has 0 saturated carbocycles. The van der Waals surface area contributed by atoms with E-state index in [1.54, 1.807) is 24.3 Å². The standard InChI is InChI=1S/C19H28N4O2/c1-4-13-25-18-7-5-17(6-8-18)21-19(24)20-14-16(2)15-23-11-9-22(3)10-12-23/h1,5-8,16H,9-15H2,2-3H3,(H2,20,21,24)/t16-/m1/s1. The van der Waals surface area contributed by atoms with Gasteiger partial charge >= 0.3 is 6.03 Å². The molecule has 1 aliphatic rings. The number of anilines is 1. The second-order valence-electron chi connectivity index (χ2n) is 6.56. The summed E-state index contributed by atoms with van der Waals surface area (Å²) in [6, 6.07) is 6.95. The van der Waals surface area contributed by atoms with Crippen LogP contribution in [0.3, 0.4) is 0 Å². The number of piperazine rings is 1. The molecule has 0 aromatic heterocycles. The summed E-state index contributed by atoms with van der Waals surface area (Å²) in [7, 11) is 2.15. The highest BCUT2D eigenvalue weighted by Crippen LogP contribution is 2.15. The van der Waals surface area contributed by atoms with E-state index in [0.29, 0.717) is 18.2 Å². The van der Waals surface area contributed by atoms with E-state index in [2.05, 4.69) is 40.3 Å². The number of likely N-dealkylation sites (N-methyl/N-ethyl adjacent to an activating group) is 1. The lowest BCUT2D eigenvalue weighted by molar-refractivity contribution is 0.138. The number of carbonyl (C=O) groups excluding carboxylic acids is 1. The largest absolute Gasteiger partial charge is 0.481 e. The fourth-order valence-corrected chi connectivity index (χ4v) is 2.74. The molecule has 1 atom stereocenters. The maximum Gasteiger partial charge on any atom is 0.319 e. The first kappa shape index (κ1) is 19.1. The van der Waals surface area contributed by atoms with E-state index in [-0.39, 0.29) is 12.6 Å². The van der Waals surface area contributed by atoms with E-state index in [4.69, 9.17) is 11.2 Å². The zero-order valence-corrected chi connectivity index (χ0v) is 15.1. The highest BCUT2D eigenvalue weighted by atomic mass is 16.5. The van der Waals surface area contributed by atoms with Gasteiger partial charge in [-0.2, -0.15) is 0 Å². The summed E-state index contributed by atoms with van der Waals surface area (Å²) in [5.74, 6) is 3.51. The molecule has 2 N–H and O–H groups in total. The van der Waals surface area contributed by atoms with Crippen LogP contribution in [0.4, 0.5) is 10.5 Å². The number of ether oxygens (including phenoxy) is 1. The van der Waals surface area contributed by atoms with Crippen molar-refractivity contribution in [1.82, 2.24) is 15.1 Å². The summed E-state index contributed by atoms with van der Waals surface area (Å²) in [5, 5.41) is 5.76. The minimum atomic E-state index is -0.192. The number of terminal acetylenes is 1. The quantitative estimate of drug-likeness (QED) is 0.740. The van der Waals surface area contributed by atoms with Crippen LogP contribution in [-0.2, 0) is 0 Å². The smallest absolute Gasteiger partial charge is 0.319 e. The van der Waals surface area contributed by atoms with Crippen molar-refractivity contribution in [3.63, 3.8) is 0 Å². The second kappa shape index (κ2) is 9.92. The lowest BCUT2D eigenvalue weighted by Gasteiger charge is -2.33. The van der Waals surface area contributed by atoms with E-state index in [0.717, 1.165) is 38.4 Å². The number of benzene rings is 1. The van der Waals surface area contributed by atoms with Gasteiger partial charge in [0.15, 0.2) is 0 Å². The number of amides is 2. The highest BCUT2D eigenvalue weighted by Gasteiger charge is 2.16. The molecule has 1 aromatic rings. The van der Waals surface area contributed by atoms with E-state index in [1.165, 1.54) is 0 Å². The van der Waals surface area contributed by atoms with E-state index in [9.17, 15) is 4.79 Å². The minimum Gasteiger partial charge on any atom is -0.481 e. The molecule has 0 bridgehead atoms. The van der Waals surface area contributed by atoms with Crippen molar-refractivity contribution in [2.24, 2.45) is 5.92 Å². The maximum absolute atomic E-state index is 12.0. The number of nitrogens with zero attached hydrogens (tertiary/aromatic N) is 2. The molecule has 1 saturated heterocycles. The lowest BCUT2D eigenvalue weighted by atomic mass is 10.1. The average molecular weight is 344 g/mol. The molecular formula is C19H28N4O2. The first-order valence-corrected chi connectivity index (χ1v) is 8.69. The molecule has 1 fully saturated rings. The number of nitrogens with one attached hydrogen (secondary N) is 2. The van der Waals surface area contributed by atoms with Crippen LogP contribution in [0.25, 0.3) is 0 Å². The Bertz CT molecular complexity index is 574. The van der Waals surface area contributed by atoms with E-state index < -0.39 is 0 Å². The topological polar surface area (TPSA) is 56.8 Å². The molecule has 1 aromatic carbocycles. The van der Waals surface area contributed by atoms with E-state index in [1.807, 2.05) is 0 Å². The molecule has 0 radical (unpaired) electrons. The zero-order valence-electron chi connectivity index (χ0n) is 15.1. The van der Waals surface area contributed by atoms with Gasteiger partial charge in [-0.05, 0) is 37.2 Å². The van der Waals surface area contributed by atoms with Crippen LogP contribution in [0, 0.1) is 18.3 Å². The Morgan fingerprint density at radius 1 is 1.28 bits per heavy atom. The van der Waals surface area contributed by atoms with Crippen molar-refractivity contribution in [3.05, 3.63) is 24.3 Å². The molecule has 0 spiro atoms. The maximum atomic E-state index is 12.0. The molecule has 6 nitrogen and oxygen atoms in total. The fourth-order valence-electron chi connectivity index (χ4n) is 2.74. The van der Waals surface area contributed by atoms with Crippen molar-refractivity contribution >= 4 is 11.7 Å². The summed E-state index contributed by atoms with van der Waals surface area (Å²) >= 11 is 0. The number of carbonyl (C=O) groups is 1. The predicted octanol–water partition coefficient (Wildman–Crippen LogP) is 1.70. The SMILES string of the molecule is C#CCOc1ccc(NC(=O)NC[C@@H](C)CN2CCN(C)CC2)cc1. The van der Waals surface area contributed by atoms with Gasteiger partial charge in [0, 0.05) is 45.0 Å². The summed E-state index contributed by atoms with van der Waals surface area (Å²) in [4.78, 5) is 16.8. The van der Waals surface area contributed by atoms with Gasteiger partial charge in [0.05, 0.1) is 0 Å². The summed E-state index contributed by atoms with van der Waals surface area (Å²) < 4.78 is 5.30. The molecule has 1 heterocycles. The molecule has 2 rings (SSSR count). The van der Waals surface area contributed by atoms with Crippen LogP contribution in [-0.4, -0.2) is 68.8 Å². The molecule has 25 heavy (non-hydrogen) atoms. The van der Waals surface area contributed by atoms with Crippen molar-refractivity contribution in [1.29, 1.82) is 0 Å². The van der Waals surface area contributed by atoms with Crippen molar-refractivity contribution < 1.29 is 9.53 Å². The van der Waals surface area contributed by atoms with Gasteiger partial charge in [-0.1, -0.05) is 12.8 Å². The summed E-state index contributed by atoms with van der Waals surface area (Å²) in [6.07, 6.45) is 5.15. The lowest BCUT2D eigenvalue weighted by Crippen LogP contribution is -2.47. The van der Waals surface area contributed by atoms with Crippen LogP contribution in [0.2, 0.25) is 0 Å². The Hall–Kier alpha value is -2.23. The van der Waals surface area contributed by atoms with Gasteiger partial charge in [-0.25, -0.2) is 4.79 Å². The Balaban J connectivity index is 1.67. The van der Waals surface area contributed by atoms with Crippen molar-refractivity contribution in [2.45, 2.75) is 6.92 Å². The molecular weight excluding hydrogens is 316 g/mol. The molecule has 0 aliphatic carbocycles. The molecule has 136 valence electrons. The van der Waals surface area contributed by atoms with Crippen LogP contribution in [0.1, 0.15) is 6.92 Å². The van der Waals surface area contributed by atoms with Gasteiger partial charge in [0.1, 0.15) is 12.4 Å². The van der Waals surface area contributed by atoms with Gasteiger partial charge in [-0.3, -0.25) is 0 Å². The highest BCUT2D eigenvalue weighted by molar-refractivity contribution is 5.89. The van der Waals surface area contributed by atoms with Crippen LogP contribution in [0.15, 0.2) is 24.3 Å². The molecule has 6 heteroatoms. The Labute approximate surface area is 150 Å². The van der Waals surface area contributed by atoms with Crippen LogP contribution < -0.4 is 15.4 Å². The third-order valence-electron chi connectivity index (χ3n) is 4.21.